The van der Waals surface area contributed by atoms with Crippen LogP contribution in [0.3, 0.4) is 0 Å². The number of piperazine rings is 1. The van der Waals surface area contributed by atoms with Gasteiger partial charge in [0.15, 0.2) is 5.96 Å². The molecule has 2 N–H and O–H groups in total. The zero-order chi connectivity index (χ0) is 16.2. The zero-order valence-corrected chi connectivity index (χ0v) is 14.7. The lowest BCUT2D eigenvalue weighted by molar-refractivity contribution is -0.135. The van der Waals surface area contributed by atoms with Gasteiger partial charge in [0.2, 0.25) is 5.91 Å². The number of amides is 1. The van der Waals surface area contributed by atoms with Crippen LogP contribution in [0.2, 0.25) is 0 Å². The van der Waals surface area contributed by atoms with Crippen molar-refractivity contribution >= 4 is 23.6 Å². The van der Waals surface area contributed by atoms with E-state index in [0.717, 1.165) is 50.1 Å². The van der Waals surface area contributed by atoms with Gasteiger partial charge in [0.25, 0.3) is 0 Å². The minimum Gasteiger partial charge on any atom is -0.387 e. The van der Waals surface area contributed by atoms with Crippen LogP contribution in [0.4, 0.5) is 0 Å². The number of rotatable bonds is 3. The highest BCUT2D eigenvalue weighted by molar-refractivity contribution is 7.99. The second-order valence-corrected chi connectivity index (χ2v) is 7.50. The third kappa shape index (κ3) is 4.29. The van der Waals surface area contributed by atoms with Gasteiger partial charge in [-0.25, -0.2) is 0 Å². The summed E-state index contributed by atoms with van der Waals surface area (Å²) in [6.07, 6.45) is 0.832. The average molecular weight is 328 g/mol. The van der Waals surface area contributed by atoms with E-state index in [4.69, 9.17) is 0 Å². The van der Waals surface area contributed by atoms with Crippen LogP contribution in [-0.4, -0.2) is 83.7 Å². The lowest BCUT2D eigenvalue weighted by Crippen LogP contribution is -2.56. The van der Waals surface area contributed by atoms with E-state index in [1.54, 1.807) is 18.8 Å². The van der Waals surface area contributed by atoms with E-state index < -0.39 is 5.60 Å². The normalized spacial score (nSPS) is 26.7. The van der Waals surface area contributed by atoms with E-state index in [2.05, 4.69) is 15.2 Å². The first kappa shape index (κ1) is 17.4. The Hall–Kier alpha value is -0.950. The molecule has 126 valence electrons. The molecule has 0 saturated carbocycles. The number of aliphatic hydroxyl groups is 1. The SMILES string of the molecule is CN=C(NCC1(O)CCSC1)N1CCN(C(=O)C(C)C)CC1. The summed E-state index contributed by atoms with van der Waals surface area (Å²) in [7, 11) is 1.77. The highest BCUT2D eigenvalue weighted by Gasteiger charge is 2.32. The van der Waals surface area contributed by atoms with Crippen LogP contribution in [0.25, 0.3) is 0 Å². The molecule has 2 saturated heterocycles. The van der Waals surface area contributed by atoms with Gasteiger partial charge in [0.05, 0.1) is 5.60 Å². The van der Waals surface area contributed by atoms with Crippen molar-refractivity contribution < 1.29 is 9.90 Å². The van der Waals surface area contributed by atoms with Gasteiger partial charge in [-0.2, -0.15) is 11.8 Å². The Morgan fingerprint density at radius 1 is 1.32 bits per heavy atom. The number of thioether (sulfide) groups is 1. The fraction of sp³-hybridized carbons (Fsp3) is 0.867. The Balaban J connectivity index is 1.82. The molecule has 1 amide bonds. The summed E-state index contributed by atoms with van der Waals surface area (Å²) in [4.78, 5) is 20.4. The summed E-state index contributed by atoms with van der Waals surface area (Å²) < 4.78 is 0. The fourth-order valence-electron chi connectivity index (χ4n) is 2.82. The molecule has 22 heavy (non-hydrogen) atoms. The van der Waals surface area contributed by atoms with Crippen LogP contribution in [-0.2, 0) is 4.79 Å². The number of aliphatic imine (C=N–C) groups is 1. The van der Waals surface area contributed by atoms with Crippen molar-refractivity contribution in [2.75, 3.05) is 51.3 Å². The third-order valence-corrected chi connectivity index (χ3v) is 5.49. The van der Waals surface area contributed by atoms with E-state index in [0.29, 0.717) is 6.54 Å². The number of nitrogens with one attached hydrogen (secondary N) is 1. The van der Waals surface area contributed by atoms with Crippen molar-refractivity contribution in [2.45, 2.75) is 25.9 Å². The molecule has 7 heteroatoms. The molecular formula is C15H28N4O2S. The summed E-state index contributed by atoms with van der Waals surface area (Å²) in [6, 6.07) is 0. The fourth-order valence-corrected chi connectivity index (χ4v) is 4.11. The van der Waals surface area contributed by atoms with Gasteiger partial charge in [-0.15, -0.1) is 0 Å². The Morgan fingerprint density at radius 3 is 2.45 bits per heavy atom. The molecule has 2 heterocycles. The molecule has 0 aliphatic carbocycles. The first-order valence-electron chi connectivity index (χ1n) is 8.00. The molecule has 0 aromatic rings. The molecule has 6 nitrogen and oxygen atoms in total. The minimum atomic E-state index is -0.615. The van der Waals surface area contributed by atoms with Gasteiger partial charge >= 0.3 is 0 Å². The molecule has 2 aliphatic heterocycles. The van der Waals surface area contributed by atoms with Crippen molar-refractivity contribution in [1.82, 2.24) is 15.1 Å². The molecular weight excluding hydrogens is 300 g/mol. The standard InChI is InChI=1S/C15H28N4O2S/c1-12(2)13(20)18-5-7-19(8-6-18)14(16-3)17-10-15(21)4-9-22-11-15/h12,21H,4-11H2,1-3H3,(H,16,17). The predicted octanol–water partition coefficient (Wildman–Crippen LogP) is 0.230. The van der Waals surface area contributed by atoms with E-state index in [1.165, 1.54) is 0 Å². The monoisotopic (exact) mass is 328 g/mol. The van der Waals surface area contributed by atoms with E-state index >= 15 is 0 Å². The van der Waals surface area contributed by atoms with Gasteiger partial charge in [-0.1, -0.05) is 13.8 Å². The Morgan fingerprint density at radius 2 is 1.95 bits per heavy atom. The van der Waals surface area contributed by atoms with Gasteiger partial charge < -0.3 is 20.2 Å². The Labute approximate surface area is 137 Å². The molecule has 2 rings (SSSR count). The molecule has 0 aromatic carbocycles. The third-order valence-electron chi connectivity index (χ3n) is 4.25. The van der Waals surface area contributed by atoms with E-state index in [9.17, 15) is 9.90 Å². The first-order chi connectivity index (χ1) is 10.4. The van der Waals surface area contributed by atoms with Gasteiger partial charge in [-0.3, -0.25) is 9.79 Å². The van der Waals surface area contributed by atoms with Crippen molar-refractivity contribution in [3.05, 3.63) is 0 Å². The lowest BCUT2D eigenvalue weighted by atomic mass is 10.0. The summed E-state index contributed by atoms with van der Waals surface area (Å²) in [5.74, 6) is 2.90. The van der Waals surface area contributed by atoms with Crippen molar-refractivity contribution in [3.63, 3.8) is 0 Å². The molecule has 2 aliphatic rings. The van der Waals surface area contributed by atoms with Crippen LogP contribution in [0.1, 0.15) is 20.3 Å². The number of hydrogen-bond donors (Lipinski definition) is 2. The number of carbonyl (C=O) groups excluding carboxylic acids is 1. The number of carbonyl (C=O) groups is 1. The topological polar surface area (TPSA) is 68.2 Å². The van der Waals surface area contributed by atoms with Crippen molar-refractivity contribution in [3.8, 4) is 0 Å². The zero-order valence-electron chi connectivity index (χ0n) is 13.8. The quantitative estimate of drug-likeness (QED) is 0.573. The predicted molar refractivity (Wildman–Crippen MR) is 91.2 cm³/mol. The van der Waals surface area contributed by atoms with Gasteiger partial charge in [-0.05, 0) is 12.2 Å². The highest BCUT2D eigenvalue weighted by atomic mass is 32.2. The number of nitrogens with zero attached hydrogens (tertiary/aromatic N) is 3. The Bertz CT molecular complexity index is 414. The first-order valence-corrected chi connectivity index (χ1v) is 9.15. The molecule has 1 unspecified atom stereocenters. The summed E-state index contributed by atoms with van der Waals surface area (Å²) >= 11 is 1.79. The maximum absolute atomic E-state index is 12.0. The molecule has 2 fully saturated rings. The van der Waals surface area contributed by atoms with Crippen LogP contribution >= 0.6 is 11.8 Å². The maximum Gasteiger partial charge on any atom is 0.225 e. The van der Waals surface area contributed by atoms with Crippen LogP contribution < -0.4 is 5.32 Å². The van der Waals surface area contributed by atoms with E-state index in [1.807, 2.05) is 18.7 Å². The second-order valence-electron chi connectivity index (χ2n) is 6.39. The smallest absolute Gasteiger partial charge is 0.225 e. The summed E-state index contributed by atoms with van der Waals surface area (Å²) in [5.41, 5.74) is -0.615. The number of guanidine groups is 1. The lowest BCUT2D eigenvalue weighted by Gasteiger charge is -2.37. The molecule has 0 radical (unpaired) electrons. The van der Waals surface area contributed by atoms with Gasteiger partial charge in [0, 0.05) is 51.4 Å². The molecule has 0 spiro atoms. The minimum absolute atomic E-state index is 0.0538. The summed E-state index contributed by atoms with van der Waals surface area (Å²) in [6.45, 7) is 7.45. The second kappa shape index (κ2) is 7.55. The molecule has 0 aromatic heterocycles. The maximum atomic E-state index is 12.0. The van der Waals surface area contributed by atoms with Crippen LogP contribution in [0.15, 0.2) is 4.99 Å². The van der Waals surface area contributed by atoms with Gasteiger partial charge in [0.1, 0.15) is 0 Å². The molecule has 1 atom stereocenters. The summed E-state index contributed by atoms with van der Waals surface area (Å²) in [5, 5.41) is 13.7. The van der Waals surface area contributed by atoms with Crippen LogP contribution in [0.5, 0.6) is 0 Å². The largest absolute Gasteiger partial charge is 0.387 e. The van der Waals surface area contributed by atoms with E-state index in [-0.39, 0.29) is 11.8 Å². The number of hydrogen-bond acceptors (Lipinski definition) is 4. The van der Waals surface area contributed by atoms with Crippen molar-refractivity contribution in [1.29, 1.82) is 0 Å². The van der Waals surface area contributed by atoms with Crippen LogP contribution in [0, 0.1) is 5.92 Å². The average Bonchev–Trinajstić information content (AvgIpc) is 2.94. The molecule has 0 bridgehead atoms. The highest BCUT2D eigenvalue weighted by Crippen LogP contribution is 2.27. The Kier molecular flexibility index (Phi) is 5.97. The van der Waals surface area contributed by atoms with Crippen molar-refractivity contribution in [2.24, 2.45) is 10.9 Å².